The lowest BCUT2D eigenvalue weighted by molar-refractivity contribution is -0.146. The molecule has 2 N–H and O–H groups in total. The van der Waals surface area contributed by atoms with Crippen molar-refractivity contribution in [3.63, 3.8) is 0 Å². The Kier molecular flexibility index (Phi) is 5.41. The van der Waals surface area contributed by atoms with Crippen molar-refractivity contribution in [1.82, 2.24) is 0 Å². The monoisotopic (exact) mass is 343 g/mol. The number of allylic oxidation sites excluding steroid dienone is 2. The Balaban J connectivity index is 1.58. The van der Waals surface area contributed by atoms with Gasteiger partial charge in [-0.25, -0.2) is 0 Å². The molecule has 2 aliphatic carbocycles. The van der Waals surface area contributed by atoms with Gasteiger partial charge in [-0.15, -0.1) is 0 Å². The van der Waals surface area contributed by atoms with E-state index in [0.717, 1.165) is 31.4 Å². The van der Waals surface area contributed by atoms with E-state index in [1.165, 1.54) is 0 Å². The van der Waals surface area contributed by atoms with Crippen LogP contribution in [0, 0.1) is 23.7 Å². The summed E-state index contributed by atoms with van der Waals surface area (Å²) in [6.45, 7) is 2.84. The molecule has 0 aliphatic heterocycles. The summed E-state index contributed by atoms with van der Waals surface area (Å²) >= 11 is 0. The first-order valence-corrected chi connectivity index (χ1v) is 9.05. The third-order valence-corrected chi connectivity index (χ3v) is 5.19. The molecule has 2 bridgehead atoms. The topological polar surface area (TPSA) is 75.6 Å². The third-order valence-electron chi connectivity index (χ3n) is 5.19. The van der Waals surface area contributed by atoms with Crippen LogP contribution < -0.4 is 10.1 Å². The van der Waals surface area contributed by atoms with E-state index in [-0.39, 0.29) is 17.7 Å². The molecule has 1 aromatic carbocycles. The maximum atomic E-state index is 12.6. The fourth-order valence-corrected chi connectivity index (χ4v) is 3.92. The Morgan fingerprint density at radius 2 is 1.80 bits per heavy atom. The first-order chi connectivity index (χ1) is 12.1. The van der Waals surface area contributed by atoms with Crippen LogP contribution in [-0.2, 0) is 9.59 Å². The lowest BCUT2D eigenvalue weighted by Crippen LogP contribution is -2.36. The van der Waals surface area contributed by atoms with Gasteiger partial charge in [0.25, 0.3) is 0 Å². The zero-order valence-corrected chi connectivity index (χ0v) is 14.5. The van der Waals surface area contributed by atoms with Gasteiger partial charge in [0.2, 0.25) is 5.91 Å². The maximum Gasteiger partial charge on any atom is 0.307 e. The highest BCUT2D eigenvalue weighted by molar-refractivity contribution is 5.96. The number of carbonyl (C=O) groups excluding carboxylic acids is 1. The largest absolute Gasteiger partial charge is 0.494 e. The molecule has 0 radical (unpaired) electrons. The number of carboxylic acid groups (broad SMARTS) is 1. The molecule has 5 heteroatoms. The van der Waals surface area contributed by atoms with E-state index >= 15 is 0 Å². The van der Waals surface area contributed by atoms with Crippen LogP contribution in [-0.4, -0.2) is 23.6 Å². The number of anilines is 1. The minimum Gasteiger partial charge on any atom is -0.494 e. The van der Waals surface area contributed by atoms with Crippen LogP contribution >= 0.6 is 0 Å². The summed E-state index contributed by atoms with van der Waals surface area (Å²) in [6, 6.07) is 7.26. The van der Waals surface area contributed by atoms with E-state index < -0.39 is 17.8 Å². The molecule has 0 saturated heterocycles. The van der Waals surface area contributed by atoms with E-state index in [2.05, 4.69) is 12.2 Å². The fourth-order valence-electron chi connectivity index (χ4n) is 3.92. The number of amides is 1. The Morgan fingerprint density at radius 1 is 1.12 bits per heavy atom. The molecule has 1 saturated carbocycles. The summed E-state index contributed by atoms with van der Waals surface area (Å²) in [5.41, 5.74) is 0.668. The number of fused-ring (bicyclic) bond motifs is 2. The Bertz CT molecular complexity index is 652. The number of aliphatic carboxylic acids is 1. The molecule has 0 heterocycles. The number of carbonyl (C=O) groups is 2. The zero-order valence-electron chi connectivity index (χ0n) is 14.5. The Morgan fingerprint density at radius 3 is 2.44 bits per heavy atom. The van der Waals surface area contributed by atoms with Gasteiger partial charge in [-0.1, -0.05) is 31.9 Å². The second-order valence-corrected chi connectivity index (χ2v) is 6.91. The van der Waals surface area contributed by atoms with Crippen LogP contribution in [0.15, 0.2) is 36.4 Å². The van der Waals surface area contributed by atoms with Crippen LogP contribution in [0.4, 0.5) is 5.69 Å². The molecule has 0 spiro atoms. The van der Waals surface area contributed by atoms with Gasteiger partial charge in [-0.3, -0.25) is 9.59 Å². The average molecular weight is 343 g/mol. The Labute approximate surface area is 148 Å². The van der Waals surface area contributed by atoms with E-state index in [1.54, 1.807) is 12.1 Å². The summed E-state index contributed by atoms with van der Waals surface area (Å²) in [7, 11) is 0. The second kappa shape index (κ2) is 7.72. The number of rotatable bonds is 8. The van der Waals surface area contributed by atoms with Crippen molar-refractivity contribution in [1.29, 1.82) is 0 Å². The van der Waals surface area contributed by atoms with E-state index in [4.69, 9.17) is 4.74 Å². The maximum absolute atomic E-state index is 12.6. The van der Waals surface area contributed by atoms with Crippen molar-refractivity contribution >= 4 is 17.6 Å². The van der Waals surface area contributed by atoms with Crippen molar-refractivity contribution in [2.24, 2.45) is 23.7 Å². The van der Waals surface area contributed by atoms with Crippen molar-refractivity contribution < 1.29 is 19.4 Å². The van der Waals surface area contributed by atoms with E-state index in [0.29, 0.717) is 12.3 Å². The summed E-state index contributed by atoms with van der Waals surface area (Å²) < 4.78 is 5.66. The highest BCUT2D eigenvalue weighted by Gasteiger charge is 2.51. The molecule has 3 rings (SSSR count). The number of hydrogen-bond donors (Lipinski definition) is 2. The van der Waals surface area contributed by atoms with Crippen LogP contribution in [0.5, 0.6) is 5.75 Å². The van der Waals surface area contributed by atoms with Crippen LogP contribution in [0.25, 0.3) is 0 Å². The third kappa shape index (κ3) is 3.86. The summed E-state index contributed by atoms with van der Waals surface area (Å²) in [4.78, 5) is 24.1. The molecule has 1 aromatic rings. The number of unbranched alkanes of at least 4 members (excludes halogenated alkanes) is 2. The number of benzene rings is 1. The van der Waals surface area contributed by atoms with Gasteiger partial charge >= 0.3 is 5.97 Å². The van der Waals surface area contributed by atoms with E-state index in [9.17, 15) is 14.7 Å². The number of carboxylic acids is 1. The molecule has 25 heavy (non-hydrogen) atoms. The molecule has 4 atom stereocenters. The number of hydrogen-bond acceptors (Lipinski definition) is 3. The molecule has 134 valence electrons. The van der Waals surface area contributed by atoms with Gasteiger partial charge in [0.05, 0.1) is 18.4 Å². The SMILES string of the molecule is CCCCCOc1ccc(NC(=O)[C@@H]2[C@@H](C(=O)O)[C@@H]3C=C[C@H]2C3)cc1. The average Bonchev–Trinajstić information content (AvgIpc) is 3.21. The van der Waals surface area contributed by atoms with Crippen molar-refractivity contribution in [2.45, 2.75) is 32.6 Å². The lowest BCUT2D eigenvalue weighted by atomic mass is 9.82. The number of ether oxygens (including phenoxy) is 1. The molecular weight excluding hydrogens is 318 g/mol. The molecule has 0 unspecified atom stereocenters. The smallest absolute Gasteiger partial charge is 0.307 e. The first-order valence-electron chi connectivity index (χ1n) is 9.05. The summed E-state index contributed by atoms with van der Waals surface area (Å²) in [6.07, 6.45) is 8.03. The Hall–Kier alpha value is -2.30. The molecular formula is C20H25NO4. The van der Waals surface area contributed by atoms with Crippen LogP contribution in [0.2, 0.25) is 0 Å². The first kappa shape index (κ1) is 17.5. The second-order valence-electron chi connectivity index (χ2n) is 6.91. The van der Waals surface area contributed by atoms with Gasteiger partial charge in [-0.05, 0) is 48.9 Å². The molecule has 1 fully saturated rings. The molecule has 2 aliphatic rings. The van der Waals surface area contributed by atoms with Gasteiger partial charge < -0.3 is 15.2 Å². The number of nitrogens with one attached hydrogen (secondary N) is 1. The standard InChI is InChI=1S/C20H25NO4/c1-2-3-4-11-25-16-9-7-15(8-10-16)21-19(22)17-13-5-6-14(12-13)18(17)20(23)24/h5-10,13-14,17-18H,2-4,11-12H2,1H3,(H,21,22)(H,23,24)/t13-,14+,17-,18-/m0/s1. The van der Waals surface area contributed by atoms with Gasteiger partial charge in [0.1, 0.15) is 5.75 Å². The summed E-state index contributed by atoms with van der Waals surface area (Å²) in [5.74, 6) is -1.40. The van der Waals surface area contributed by atoms with Crippen molar-refractivity contribution in [2.75, 3.05) is 11.9 Å². The normalized spacial score (nSPS) is 26.6. The molecule has 1 amide bonds. The highest BCUT2D eigenvalue weighted by Crippen LogP contribution is 2.48. The predicted octanol–water partition coefficient (Wildman–Crippen LogP) is 3.72. The van der Waals surface area contributed by atoms with Crippen molar-refractivity contribution in [3.05, 3.63) is 36.4 Å². The van der Waals surface area contributed by atoms with Gasteiger partial charge in [-0.2, -0.15) is 0 Å². The fraction of sp³-hybridized carbons (Fsp3) is 0.500. The molecule has 0 aromatic heterocycles. The van der Waals surface area contributed by atoms with Crippen LogP contribution in [0.3, 0.4) is 0 Å². The quantitative estimate of drug-likeness (QED) is 0.557. The minimum atomic E-state index is -0.882. The predicted molar refractivity (Wildman–Crippen MR) is 95.4 cm³/mol. The van der Waals surface area contributed by atoms with Crippen LogP contribution in [0.1, 0.15) is 32.6 Å². The summed E-state index contributed by atoms with van der Waals surface area (Å²) in [5, 5.41) is 12.3. The minimum absolute atomic E-state index is 0.0165. The van der Waals surface area contributed by atoms with Crippen molar-refractivity contribution in [3.8, 4) is 5.75 Å². The zero-order chi connectivity index (χ0) is 17.8. The molecule has 5 nitrogen and oxygen atoms in total. The van der Waals surface area contributed by atoms with Gasteiger partial charge in [0.15, 0.2) is 0 Å². The van der Waals surface area contributed by atoms with Gasteiger partial charge in [0, 0.05) is 5.69 Å². The van der Waals surface area contributed by atoms with E-state index in [1.807, 2.05) is 24.3 Å². The lowest BCUT2D eigenvalue weighted by Gasteiger charge is -2.23. The highest BCUT2D eigenvalue weighted by atomic mass is 16.5.